The van der Waals surface area contributed by atoms with Gasteiger partial charge in [-0.25, -0.2) is 0 Å². The number of para-hydroxylation sites is 1. The summed E-state index contributed by atoms with van der Waals surface area (Å²) in [6.07, 6.45) is 3.73. The van der Waals surface area contributed by atoms with Crippen LogP contribution in [0.15, 0.2) is 48.5 Å². The van der Waals surface area contributed by atoms with Crippen molar-refractivity contribution in [2.75, 3.05) is 0 Å². The van der Waals surface area contributed by atoms with Gasteiger partial charge >= 0.3 is 0 Å². The summed E-state index contributed by atoms with van der Waals surface area (Å²) in [6.45, 7) is 4.16. The Kier molecular flexibility index (Phi) is 5.82. The fourth-order valence-electron chi connectivity index (χ4n) is 2.30. The SMILES string of the molecule is CCCCc1ccc(Oc2ccccc2[C@@H](O)CC)cc1. The maximum atomic E-state index is 10.0. The van der Waals surface area contributed by atoms with E-state index in [2.05, 4.69) is 19.1 Å². The van der Waals surface area contributed by atoms with Crippen molar-refractivity contribution in [3.8, 4) is 11.5 Å². The van der Waals surface area contributed by atoms with Gasteiger partial charge in [0.05, 0.1) is 6.10 Å². The second-order valence-corrected chi connectivity index (χ2v) is 5.31. The topological polar surface area (TPSA) is 29.5 Å². The number of hydrogen-bond acceptors (Lipinski definition) is 2. The summed E-state index contributed by atoms with van der Waals surface area (Å²) in [5.41, 5.74) is 2.18. The lowest BCUT2D eigenvalue weighted by molar-refractivity contribution is 0.170. The van der Waals surface area contributed by atoms with Crippen LogP contribution in [0.5, 0.6) is 11.5 Å². The van der Waals surface area contributed by atoms with Crippen molar-refractivity contribution in [2.24, 2.45) is 0 Å². The van der Waals surface area contributed by atoms with E-state index in [1.807, 2.05) is 43.3 Å². The van der Waals surface area contributed by atoms with E-state index in [1.165, 1.54) is 18.4 Å². The van der Waals surface area contributed by atoms with Gasteiger partial charge in [0.25, 0.3) is 0 Å². The summed E-state index contributed by atoms with van der Waals surface area (Å²) in [5.74, 6) is 1.54. The van der Waals surface area contributed by atoms with E-state index >= 15 is 0 Å². The van der Waals surface area contributed by atoms with E-state index in [0.717, 1.165) is 23.5 Å². The zero-order valence-corrected chi connectivity index (χ0v) is 12.9. The molecular formula is C19H24O2. The first kappa shape index (κ1) is 15.6. The highest BCUT2D eigenvalue weighted by atomic mass is 16.5. The average molecular weight is 284 g/mol. The van der Waals surface area contributed by atoms with Gasteiger partial charge in [0.2, 0.25) is 0 Å². The summed E-state index contributed by atoms with van der Waals surface area (Å²) in [5, 5.41) is 10.0. The van der Waals surface area contributed by atoms with Gasteiger partial charge in [-0.15, -0.1) is 0 Å². The molecule has 0 heterocycles. The molecule has 0 amide bonds. The Hall–Kier alpha value is -1.80. The molecule has 0 aromatic heterocycles. The van der Waals surface area contributed by atoms with Gasteiger partial charge in [0, 0.05) is 5.56 Å². The van der Waals surface area contributed by atoms with Crippen molar-refractivity contribution in [1.82, 2.24) is 0 Å². The van der Waals surface area contributed by atoms with Gasteiger partial charge in [0.1, 0.15) is 11.5 Å². The number of aliphatic hydroxyl groups excluding tert-OH is 1. The third kappa shape index (κ3) is 4.33. The Morgan fingerprint density at radius 1 is 1.00 bits per heavy atom. The van der Waals surface area contributed by atoms with Crippen LogP contribution in [0.3, 0.4) is 0 Å². The lowest BCUT2D eigenvalue weighted by Gasteiger charge is -2.14. The van der Waals surface area contributed by atoms with E-state index in [0.29, 0.717) is 6.42 Å². The van der Waals surface area contributed by atoms with E-state index in [4.69, 9.17) is 4.74 Å². The van der Waals surface area contributed by atoms with Gasteiger partial charge in [-0.1, -0.05) is 50.6 Å². The zero-order chi connectivity index (χ0) is 15.1. The molecular weight excluding hydrogens is 260 g/mol. The van der Waals surface area contributed by atoms with Crippen LogP contribution in [0.4, 0.5) is 0 Å². The molecule has 2 heteroatoms. The number of hydrogen-bond donors (Lipinski definition) is 1. The molecule has 0 bridgehead atoms. The number of rotatable bonds is 7. The van der Waals surface area contributed by atoms with Crippen LogP contribution in [-0.4, -0.2) is 5.11 Å². The van der Waals surface area contributed by atoms with Crippen molar-refractivity contribution in [3.63, 3.8) is 0 Å². The third-order valence-electron chi connectivity index (χ3n) is 3.63. The molecule has 0 spiro atoms. The molecule has 21 heavy (non-hydrogen) atoms. The number of benzene rings is 2. The predicted molar refractivity (Wildman–Crippen MR) is 86.8 cm³/mol. The number of aliphatic hydroxyl groups is 1. The standard InChI is InChI=1S/C19H24O2/c1-3-5-8-15-11-13-16(14-12-15)21-19-10-7-6-9-17(19)18(20)4-2/h6-7,9-14,18,20H,3-5,8H2,1-2H3/t18-/m0/s1. The fraction of sp³-hybridized carbons (Fsp3) is 0.368. The zero-order valence-electron chi connectivity index (χ0n) is 12.9. The molecule has 2 rings (SSSR count). The maximum Gasteiger partial charge on any atom is 0.133 e. The molecule has 0 saturated carbocycles. The largest absolute Gasteiger partial charge is 0.457 e. The number of aryl methyl sites for hydroxylation is 1. The molecule has 0 aliphatic carbocycles. The fourth-order valence-corrected chi connectivity index (χ4v) is 2.30. The minimum absolute atomic E-state index is 0.481. The Bertz CT molecular complexity index is 546. The maximum absolute atomic E-state index is 10.0. The number of unbranched alkanes of at least 4 members (excludes halogenated alkanes) is 1. The highest BCUT2D eigenvalue weighted by Crippen LogP contribution is 2.31. The minimum atomic E-state index is -0.481. The van der Waals surface area contributed by atoms with E-state index < -0.39 is 6.10 Å². The van der Waals surface area contributed by atoms with Crippen LogP contribution in [0, 0.1) is 0 Å². The van der Waals surface area contributed by atoms with Gasteiger partial charge < -0.3 is 9.84 Å². The summed E-state index contributed by atoms with van der Waals surface area (Å²) in [6, 6.07) is 15.9. The smallest absolute Gasteiger partial charge is 0.133 e. The van der Waals surface area contributed by atoms with Gasteiger partial charge in [-0.2, -0.15) is 0 Å². The van der Waals surface area contributed by atoms with Gasteiger partial charge in [0.15, 0.2) is 0 Å². The van der Waals surface area contributed by atoms with Gasteiger partial charge in [-0.3, -0.25) is 0 Å². The molecule has 0 unspecified atom stereocenters. The minimum Gasteiger partial charge on any atom is -0.457 e. The van der Waals surface area contributed by atoms with Crippen LogP contribution in [0.1, 0.15) is 50.3 Å². The van der Waals surface area contributed by atoms with Crippen LogP contribution >= 0.6 is 0 Å². The first-order valence-corrected chi connectivity index (χ1v) is 7.78. The van der Waals surface area contributed by atoms with E-state index in [9.17, 15) is 5.11 Å². The lowest BCUT2D eigenvalue weighted by Crippen LogP contribution is -1.98. The lowest BCUT2D eigenvalue weighted by atomic mass is 10.1. The van der Waals surface area contributed by atoms with E-state index in [-0.39, 0.29) is 0 Å². The van der Waals surface area contributed by atoms with Crippen molar-refractivity contribution >= 4 is 0 Å². The molecule has 2 aromatic carbocycles. The molecule has 0 radical (unpaired) electrons. The highest BCUT2D eigenvalue weighted by Gasteiger charge is 2.11. The predicted octanol–water partition coefficient (Wildman–Crippen LogP) is 5.26. The molecule has 2 aromatic rings. The Morgan fingerprint density at radius 3 is 2.38 bits per heavy atom. The number of ether oxygens (including phenoxy) is 1. The molecule has 0 aliphatic heterocycles. The first-order chi connectivity index (χ1) is 10.2. The van der Waals surface area contributed by atoms with Gasteiger partial charge in [-0.05, 0) is 43.0 Å². The molecule has 0 fully saturated rings. The van der Waals surface area contributed by atoms with Crippen molar-refractivity contribution < 1.29 is 9.84 Å². The third-order valence-corrected chi connectivity index (χ3v) is 3.63. The second-order valence-electron chi connectivity index (χ2n) is 5.31. The second kappa shape index (κ2) is 7.84. The Labute approximate surface area is 127 Å². The van der Waals surface area contributed by atoms with Crippen LogP contribution in [-0.2, 0) is 6.42 Å². The average Bonchev–Trinajstić information content (AvgIpc) is 2.54. The Balaban J connectivity index is 2.11. The summed E-state index contributed by atoms with van der Waals surface area (Å²) >= 11 is 0. The Morgan fingerprint density at radius 2 is 1.71 bits per heavy atom. The van der Waals surface area contributed by atoms with Crippen LogP contribution < -0.4 is 4.74 Å². The first-order valence-electron chi connectivity index (χ1n) is 7.78. The van der Waals surface area contributed by atoms with Crippen molar-refractivity contribution in [2.45, 2.75) is 45.6 Å². The molecule has 0 aliphatic rings. The van der Waals surface area contributed by atoms with Crippen LogP contribution in [0.2, 0.25) is 0 Å². The van der Waals surface area contributed by atoms with Crippen molar-refractivity contribution in [1.29, 1.82) is 0 Å². The summed E-state index contributed by atoms with van der Waals surface area (Å²) < 4.78 is 5.93. The van der Waals surface area contributed by atoms with E-state index in [1.54, 1.807) is 0 Å². The summed E-state index contributed by atoms with van der Waals surface area (Å²) in [4.78, 5) is 0. The molecule has 1 atom stereocenters. The normalized spacial score (nSPS) is 12.1. The monoisotopic (exact) mass is 284 g/mol. The molecule has 112 valence electrons. The molecule has 2 nitrogen and oxygen atoms in total. The molecule has 1 N–H and O–H groups in total. The summed E-state index contributed by atoms with van der Waals surface area (Å²) in [7, 11) is 0. The highest BCUT2D eigenvalue weighted by molar-refractivity contribution is 5.39. The molecule has 0 saturated heterocycles. The van der Waals surface area contributed by atoms with Crippen molar-refractivity contribution in [3.05, 3.63) is 59.7 Å². The quantitative estimate of drug-likeness (QED) is 0.751. The van der Waals surface area contributed by atoms with Crippen LogP contribution in [0.25, 0.3) is 0 Å².